The summed E-state index contributed by atoms with van der Waals surface area (Å²) >= 11 is 2.16. The number of hydrogen-bond acceptors (Lipinski definition) is 6. The summed E-state index contributed by atoms with van der Waals surface area (Å²) in [5, 5.41) is 0.584. The second-order valence-corrected chi connectivity index (χ2v) is 7.78. The van der Waals surface area contributed by atoms with Crippen LogP contribution in [0, 0.1) is 3.57 Å². The lowest BCUT2D eigenvalue weighted by atomic mass is 9.89. The molecule has 0 fully saturated rings. The van der Waals surface area contributed by atoms with Gasteiger partial charge < -0.3 is 20.1 Å². The molecule has 1 aromatic carbocycles. The SMILES string of the molecule is CCC(C)(C)c1nc(N)c2c(N(C)C(C)=O)c(OC)c(OC)c(I)c2n1. The normalized spacial score (nSPS) is 11.5. The molecule has 0 saturated carbocycles. The maximum atomic E-state index is 12.1. The standard InChI is InChI=1S/C18H25IN4O3/c1-8-18(3,4)17-21-12-10(16(20)22-17)13(23(5)9(2)24)15(26-7)14(25-6)11(12)19/h8H2,1-7H3,(H2,20,21,22). The summed E-state index contributed by atoms with van der Waals surface area (Å²) in [5.41, 5.74) is 7.27. The molecule has 0 aliphatic carbocycles. The van der Waals surface area contributed by atoms with Crippen LogP contribution in [0.5, 0.6) is 11.5 Å². The van der Waals surface area contributed by atoms with E-state index in [1.165, 1.54) is 18.9 Å². The van der Waals surface area contributed by atoms with Crippen molar-refractivity contribution in [3.05, 3.63) is 9.39 Å². The van der Waals surface area contributed by atoms with Gasteiger partial charge in [-0.2, -0.15) is 0 Å². The first kappa shape index (κ1) is 20.5. The fraction of sp³-hybridized carbons (Fsp3) is 0.500. The highest BCUT2D eigenvalue weighted by Gasteiger charge is 2.30. The van der Waals surface area contributed by atoms with Crippen LogP contribution in [0.3, 0.4) is 0 Å². The first-order chi connectivity index (χ1) is 12.1. The molecule has 7 nitrogen and oxygen atoms in total. The van der Waals surface area contributed by atoms with Crippen LogP contribution in [-0.4, -0.2) is 37.1 Å². The summed E-state index contributed by atoms with van der Waals surface area (Å²) in [5.74, 6) is 1.76. The number of ether oxygens (including phenoxy) is 2. The number of nitrogens with zero attached hydrogens (tertiary/aromatic N) is 3. The smallest absolute Gasteiger partial charge is 0.223 e. The Morgan fingerprint density at radius 2 is 1.81 bits per heavy atom. The molecule has 0 aliphatic rings. The van der Waals surface area contributed by atoms with Crippen molar-refractivity contribution in [3.8, 4) is 11.5 Å². The van der Waals surface area contributed by atoms with Gasteiger partial charge in [-0.25, -0.2) is 9.97 Å². The lowest BCUT2D eigenvalue weighted by Crippen LogP contribution is -2.25. The minimum Gasteiger partial charge on any atom is -0.492 e. The van der Waals surface area contributed by atoms with E-state index in [0.717, 1.165) is 9.99 Å². The van der Waals surface area contributed by atoms with Crippen LogP contribution >= 0.6 is 22.6 Å². The van der Waals surface area contributed by atoms with Gasteiger partial charge in [0.15, 0.2) is 11.5 Å². The highest BCUT2D eigenvalue weighted by molar-refractivity contribution is 14.1. The van der Waals surface area contributed by atoms with E-state index in [-0.39, 0.29) is 11.3 Å². The highest BCUT2D eigenvalue weighted by Crippen LogP contribution is 2.48. The number of hydrogen-bond donors (Lipinski definition) is 1. The molecule has 142 valence electrons. The Bertz CT molecular complexity index is 868. The average molecular weight is 472 g/mol. The van der Waals surface area contributed by atoms with Crippen molar-refractivity contribution in [2.75, 3.05) is 31.9 Å². The van der Waals surface area contributed by atoms with Crippen LogP contribution in [0.2, 0.25) is 0 Å². The average Bonchev–Trinajstić information content (AvgIpc) is 2.60. The van der Waals surface area contributed by atoms with E-state index in [1.54, 1.807) is 14.2 Å². The number of methoxy groups -OCH3 is 2. The van der Waals surface area contributed by atoms with Gasteiger partial charge in [0.25, 0.3) is 0 Å². The summed E-state index contributed by atoms with van der Waals surface area (Å²) in [6.45, 7) is 7.70. The number of amides is 1. The van der Waals surface area contributed by atoms with E-state index >= 15 is 0 Å². The molecule has 2 N–H and O–H groups in total. The monoisotopic (exact) mass is 472 g/mol. The van der Waals surface area contributed by atoms with E-state index in [0.29, 0.717) is 39.7 Å². The van der Waals surface area contributed by atoms with Gasteiger partial charge in [0.05, 0.1) is 28.7 Å². The summed E-state index contributed by atoms with van der Waals surface area (Å²) < 4.78 is 11.9. The zero-order valence-electron chi connectivity index (χ0n) is 16.2. The second-order valence-electron chi connectivity index (χ2n) is 6.70. The van der Waals surface area contributed by atoms with Gasteiger partial charge in [0.1, 0.15) is 17.3 Å². The summed E-state index contributed by atoms with van der Waals surface area (Å²) in [6, 6.07) is 0. The predicted molar refractivity (Wildman–Crippen MR) is 112 cm³/mol. The lowest BCUT2D eigenvalue weighted by molar-refractivity contribution is -0.116. The van der Waals surface area contributed by atoms with Gasteiger partial charge in [-0.1, -0.05) is 20.8 Å². The summed E-state index contributed by atoms with van der Waals surface area (Å²) in [6.07, 6.45) is 0.863. The molecule has 0 aliphatic heterocycles. The summed E-state index contributed by atoms with van der Waals surface area (Å²) in [7, 11) is 4.75. The Hall–Kier alpha value is -1.84. The number of halogens is 1. The fourth-order valence-corrected chi connectivity index (χ4v) is 3.46. The van der Waals surface area contributed by atoms with Crippen LogP contribution < -0.4 is 20.1 Å². The van der Waals surface area contributed by atoms with Gasteiger partial charge in [-0.3, -0.25) is 4.79 Å². The molecular weight excluding hydrogens is 447 g/mol. The molecule has 0 unspecified atom stereocenters. The molecule has 0 saturated heterocycles. The number of nitrogens with two attached hydrogens (primary N) is 1. The third kappa shape index (κ3) is 3.26. The van der Waals surface area contributed by atoms with Crippen LogP contribution in [-0.2, 0) is 10.2 Å². The first-order valence-electron chi connectivity index (χ1n) is 8.26. The number of rotatable bonds is 5. The van der Waals surface area contributed by atoms with Crippen molar-refractivity contribution >= 4 is 50.9 Å². The van der Waals surface area contributed by atoms with Crippen LogP contribution in [0.15, 0.2) is 0 Å². The minimum absolute atomic E-state index is 0.162. The lowest BCUT2D eigenvalue weighted by Gasteiger charge is -2.26. The topological polar surface area (TPSA) is 90.6 Å². The molecule has 2 rings (SSSR count). The van der Waals surface area contributed by atoms with E-state index < -0.39 is 0 Å². The maximum Gasteiger partial charge on any atom is 0.223 e. The number of carbonyl (C=O) groups excluding carboxylic acids is 1. The van der Waals surface area contributed by atoms with Crippen LogP contribution in [0.4, 0.5) is 11.5 Å². The van der Waals surface area contributed by atoms with Crippen molar-refractivity contribution in [1.29, 1.82) is 0 Å². The van der Waals surface area contributed by atoms with Gasteiger partial charge >= 0.3 is 0 Å². The van der Waals surface area contributed by atoms with Gasteiger partial charge in [-0.05, 0) is 29.0 Å². The second kappa shape index (κ2) is 7.42. The summed E-state index contributed by atoms with van der Waals surface area (Å²) in [4.78, 5) is 22.9. The van der Waals surface area contributed by atoms with E-state index in [1.807, 2.05) is 0 Å². The number of anilines is 2. The van der Waals surface area contributed by atoms with Crippen molar-refractivity contribution in [3.63, 3.8) is 0 Å². The van der Waals surface area contributed by atoms with Crippen molar-refractivity contribution in [2.45, 2.75) is 39.5 Å². The van der Waals surface area contributed by atoms with Gasteiger partial charge in [0, 0.05) is 19.4 Å². The molecule has 1 heterocycles. The fourth-order valence-electron chi connectivity index (χ4n) is 2.61. The first-order valence-corrected chi connectivity index (χ1v) is 9.33. The predicted octanol–water partition coefficient (Wildman–Crippen LogP) is 3.50. The zero-order chi connectivity index (χ0) is 19.8. The van der Waals surface area contributed by atoms with Crippen LogP contribution in [0.25, 0.3) is 10.9 Å². The van der Waals surface area contributed by atoms with Crippen molar-refractivity contribution in [2.24, 2.45) is 0 Å². The maximum absolute atomic E-state index is 12.1. The molecule has 1 aromatic heterocycles. The number of benzene rings is 1. The Morgan fingerprint density at radius 3 is 2.27 bits per heavy atom. The molecule has 1 amide bonds. The van der Waals surface area contributed by atoms with Crippen molar-refractivity contribution < 1.29 is 14.3 Å². The Balaban J connectivity index is 3.05. The largest absolute Gasteiger partial charge is 0.492 e. The van der Waals surface area contributed by atoms with Gasteiger partial charge in [0.2, 0.25) is 5.91 Å². The third-order valence-electron chi connectivity index (χ3n) is 4.71. The van der Waals surface area contributed by atoms with Crippen LogP contribution in [0.1, 0.15) is 39.9 Å². The molecule has 0 bridgehead atoms. The number of nitrogen functional groups attached to an aromatic ring is 1. The Labute approximate surface area is 167 Å². The molecule has 26 heavy (non-hydrogen) atoms. The molecular formula is C18H25IN4O3. The molecule has 0 radical (unpaired) electrons. The van der Waals surface area contributed by atoms with Crippen molar-refractivity contribution in [1.82, 2.24) is 9.97 Å². The number of carbonyl (C=O) groups is 1. The van der Waals surface area contributed by atoms with Gasteiger partial charge in [-0.15, -0.1) is 0 Å². The molecule has 0 atom stereocenters. The third-order valence-corrected chi connectivity index (χ3v) is 5.71. The number of fused-ring (bicyclic) bond motifs is 1. The molecule has 0 spiro atoms. The molecule has 8 heteroatoms. The van der Waals surface area contributed by atoms with E-state index in [9.17, 15) is 4.79 Å². The highest BCUT2D eigenvalue weighted by atomic mass is 127. The quantitative estimate of drug-likeness (QED) is 0.670. The minimum atomic E-state index is -0.231. The Morgan fingerprint density at radius 1 is 1.23 bits per heavy atom. The Kier molecular flexibility index (Phi) is 5.84. The van der Waals surface area contributed by atoms with E-state index in [4.69, 9.17) is 20.2 Å². The number of aromatic nitrogens is 2. The molecule has 2 aromatic rings. The zero-order valence-corrected chi connectivity index (χ0v) is 18.4. The van der Waals surface area contributed by atoms with E-state index in [2.05, 4.69) is 48.3 Å².